The molecule has 0 N–H and O–H groups in total. The summed E-state index contributed by atoms with van der Waals surface area (Å²) in [6.07, 6.45) is 3.86. The van der Waals surface area contributed by atoms with E-state index in [4.69, 9.17) is 9.47 Å². The van der Waals surface area contributed by atoms with Gasteiger partial charge >= 0.3 is 0 Å². The average Bonchev–Trinajstić information content (AvgIpc) is 3.32. The minimum atomic E-state index is 0.0749. The maximum atomic E-state index is 12.9. The molecule has 0 radical (unpaired) electrons. The Hall–Kier alpha value is -3.06. The van der Waals surface area contributed by atoms with Crippen molar-refractivity contribution in [2.45, 2.75) is 13.5 Å². The van der Waals surface area contributed by atoms with E-state index in [0.717, 1.165) is 55.6 Å². The monoisotopic (exact) mass is 378 g/mol. The largest absolute Gasteiger partial charge is 0.454 e. The third-order valence-corrected chi connectivity index (χ3v) is 5.33. The van der Waals surface area contributed by atoms with Gasteiger partial charge in [-0.25, -0.2) is 4.98 Å². The van der Waals surface area contributed by atoms with Crippen molar-refractivity contribution in [1.29, 1.82) is 0 Å². The Kier molecular flexibility index (Phi) is 4.16. The Morgan fingerprint density at radius 3 is 2.75 bits per heavy atom. The first kappa shape index (κ1) is 17.1. The zero-order valence-corrected chi connectivity index (χ0v) is 15.8. The molecule has 1 saturated heterocycles. The van der Waals surface area contributed by atoms with Gasteiger partial charge in [-0.2, -0.15) is 0 Å². The number of imidazole rings is 1. The number of amides is 1. The molecule has 7 nitrogen and oxygen atoms in total. The molecule has 2 aliphatic heterocycles. The molecule has 0 aliphatic carbocycles. The molecular formula is C21H22N4O3. The van der Waals surface area contributed by atoms with Crippen LogP contribution in [-0.4, -0.2) is 58.1 Å². The Morgan fingerprint density at radius 2 is 1.89 bits per heavy atom. The lowest BCUT2D eigenvalue weighted by Crippen LogP contribution is -2.48. The zero-order chi connectivity index (χ0) is 19.1. The van der Waals surface area contributed by atoms with E-state index in [0.29, 0.717) is 12.4 Å². The lowest BCUT2D eigenvalue weighted by molar-refractivity contribution is 0.0628. The number of fused-ring (bicyclic) bond motifs is 2. The first-order valence-corrected chi connectivity index (χ1v) is 9.51. The molecule has 2 aliphatic rings. The van der Waals surface area contributed by atoms with Gasteiger partial charge in [0.05, 0.1) is 5.69 Å². The van der Waals surface area contributed by atoms with Crippen molar-refractivity contribution >= 4 is 11.6 Å². The quantitative estimate of drug-likeness (QED) is 0.700. The standard InChI is InChI=1S/C21H22N4O3/c1-15-12-25-5-4-17(11-20(25)22-15)21(26)24-8-6-23(7-9-24)13-16-2-3-18-19(10-16)28-14-27-18/h2-5,10-12H,6-9,13-14H2,1H3. The normalized spacial score (nSPS) is 16.7. The van der Waals surface area contributed by atoms with Gasteiger partial charge in [-0.15, -0.1) is 0 Å². The van der Waals surface area contributed by atoms with Gasteiger partial charge in [0.15, 0.2) is 11.5 Å². The van der Waals surface area contributed by atoms with Crippen LogP contribution < -0.4 is 9.47 Å². The molecule has 0 bridgehead atoms. The smallest absolute Gasteiger partial charge is 0.254 e. The summed E-state index contributed by atoms with van der Waals surface area (Å²) in [5, 5.41) is 0. The van der Waals surface area contributed by atoms with Crippen molar-refractivity contribution in [2.24, 2.45) is 0 Å². The molecule has 1 amide bonds. The molecule has 5 rings (SSSR count). The first-order valence-electron chi connectivity index (χ1n) is 9.51. The average molecular weight is 378 g/mol. The SMILES string of the molecule is Cc1cn2ccc(C(=O)N3CCN(Cc4ccc5c(c4)OCO5)CC3)cc2n1. The third-order valence-electron chi connectivity index (χ3n) is 5.33. The minimum Gasteiger partial charge on any atom is -0.454 e. The number of piperazine rings is 1. The highest BCUT2D eigenvalue weighted by atomic mass is 16.7. The number of carbonyl (C=O) groups excluding carboxylic acids is 1. The molecule has 4 heterocycles. The highest BCUT2D eigenvalue weighted by Crippen LogP contribution is 2.32. The lowest BCUT2D eigenvalue weighted by Gasteiger charge is -2.34. The van der Waals surface area contributed by atoms with E-state index < -0.39 is 0 Å². The van der Waals surface area contributed by atoms with Crippen LogP contribution in [-0.2, 0) is 6.54 Å². The van der Waals surface area contributed by atoms with Gasteiger partial charge < -0.3 is 18.8 Å². The second-order valence-electron chi connectivity index (χ2n) is 7.32. The van der Waals surface area contributed by atoms with Crippen LogP contribution in [0.1, 0.15) is 21.6 Å². The zero-order valence-electron chi connectivity index (χ0n) is 15.8. The van der Waals surface area contributed by atoms with Crippen LogP contribution in [0, 0.1) is 6.92 Å². The van der Waals surface area contributed by atoms with Crippen LogP contribution in [0.3, 0.4) is 0 Å². The maximum Gasteiger partial charge on any atom is 0.254 e. The molecule has 0 spiro atoms. The number of pyridine rings is 1. The first-order chi connectivity index (χ1) is 13.7. The number of benzene rings is 1. The fourth-order valence-electron chi connectivity index (χ4n) is 3.83. The number of hydrogen-bond donors (Lipinski definition) is 0. The summed E-state index contributed by atoms with van der Waals surface area (Å²) < 4.78 is 12.8. The van der Waals surface area contributed by atoms with Crippen molar-refractivity contribution in [3.63, 3.8) is 0 Å². The molecule has 144 valence electrons. The summed E-state index contributed by atoms with van der Waals surface area (Å²) in [5.41, 5.74) is 3.65. The van der Waals surface area contributed by atoms with Gasteiger partial charge in [-0.05, 0) is 36.8 Å². The van der Waals surface area contributed by atoms with Gasteiger partial charge in [0.25, 0.3) is 5.91 Å². The summed E-state index contributed by atoms with van der Waals surface area (Å²) >= 11 is 0. The number of rotatable bonds is 3. The molecule has 3 aromatic rings. The Balaban J connectivity index is 1.22. The number of ether oxygens (including phenoxy) is 2. The van der Waals surface area contributed by atoms with Crippen molar-refractivity contribution in [1.82, 2.24) is 19.2 Å². The van der Waals surface area contributed by atoms with Crippen LogP contribution in [0.5, 0.6) is 11.5 Å². The van der Waals surface area contributed by atoms with Crippen LogP contribution in [0.15, 0.2) is 42.7 Å². The highest BCUT2D eigenvalue weighted by molar-refractivity contribution is 5.95. The van der Waals surface area contributed by atoms with E-state index in [1.54, 1.807) is 0 Å². The van der Waals surface area contributed by atoms with Crippen LogP contribution in [0.2, 0.25) is 0 Å². The molecule has 7 heteroatoms. The fourth-order valence-corrected chi connectivity index (χ4v) is 3.83. The van der Waals surface area contributed by atoms with Gasteiger partial charge in [-0.1, -0.05) is 6.07 Å². The third kappa shape index (κ3) is 3.18. The Morgan fingerprint density at radius 1 is 1.07 bits per heavy atom. The van der Waals surface area contributed by atoms with Gasteiger partial charge in [-0.3, -0.25) is 9.69 Å². The van der Waals surface area contributed by atoms with E-state index in [9.17, 15) is 4.79 Å². The van der Waals surface area contributed by atoms with Crippen LogP contribution in [0.4, 0.5) is 0 Å². The Labute approximate surface area is 163 Å². The molecule has 2 aromatic heterocycles. The predicted octanol–water partition coefficient (Wildman–Crippen LogP) is 2.33. The molecule has 1 aromatic carbocycles. The van der Waals surface area contributed by atoms with Crippen molar-refractivity contribution < 1.29 is 14.3 Å². The number of aryl methyl sites for hydroxylation is 1. The van der Waals surface area contributed by atoms with Gasteiger partial charge in [0.1, 0.15) is 5.65 Å². The van der Waals surface area contributed by atoms with E-state index in [-0.39, 0.29) is 5.91 Å². The van der Waals surface area contributed by atoms with Crippen LogP contribution >= 0.6 is 0 Å². The fraction of sp³-hybridized carbons (Fsp3) is 0.333. The molecule has 28 heavy (non-hydrogen) atoms. The molecule has 1 fully saturated rings. The highest BCUT2D eigenvalue weighted by Gasteiger charge is 2.23. The summed E-state index contributed by atoms with van der Waals surface area (Å²) in [6, 6.07) is 9.82. The molecular weight excluding hydrogens is 356 g/mol. The van der Waals surface area contributed by atoms with Gasteiger partial charge in [0, 0.05) is 50.7 Å². The van der Waals surface area contributed by atoms with E-state index in [1.165, 1.54) is 5.56 Å². The summed E-state index contributed by atoms with van der Waals surface area (Å²) in [4.78, 5) is 21.6. The molecule has 0 unspecified atom stereocenters. The second-order valence-corrected chi connectivity index (χ2v) is 7.32. The predicted molar refractivity (Wildman–Crippen MR) is 104 cm³/mol. The minimum absolute atomic E-state index is 0.0749. The molecule has 0 saturated carbocycles. The lowest BCUT2D eigenvalue weighted by atomic mass is 10.1. The van der Waals surface area contributed by atoms with E-state index >= 15 is 0 Å². The topological polar surface area (TPSA) is 59.3 Å². The summed E-state index contributed by atoms with van der Waals surface area (Å²) in [7, 11) is 0. The number of carbonyl (C=O) groups is 1. The van der Waals surface area contributed by atoms with Gasteiger partial charge in [0.2, 0.25) is 6.79 Å². The Bertz CT molecular complexity index is 1040. The van der Waals surface area contributed by atoms with Crippen molar-refractivity contribution in [3.8, 4) is 11.5 Å². The van der Waals surface area contributed by atoms with Crippen LogP contribution in [0.25, 0.3) is 5.65 Å². The number of hydrogen-bond acceptors (Lipinski definition) is 5. The number of aromatic nitrogens is 2. The maximum absolute atomic E-state index is 12.9. The number of nitrogens with zero attached hydrogens (tertiary/aromatic N) is 4. The van der Waals surface area contributed by atoms with E-state index in [2.05, 4.69) is 16.0 Å². The van der Waals surface area contributed by atoms with Crippen molar-refractivity contribution in [3.05, 3.63) is 59.5 Å². The molecule has 0 atom stereocenters. The summed E-state index contributed by atoms with van der Waals surface area (Å²) in [5.74, 6) is 1.70. The van der Waals surface area contributed by atoms with E-state index in [1.807, 2.05) is 52.9 Å². The second kappa shape index (κ2) is 6.83. The summed E-state index contributed by atoms with van der Waals surface area (Å²) in [6.45, 7) is 6.25. The van der Waals surface area contributed by atoms with Crippen molar-refractivity contribution in [2.75, 3.05) is 33.0 Å².